The first kappa shape index (κ1) is 19.0. The molecule has 1 heterocycles. The third kappa shape index (κ3) is 5.59. The highest BCUT2D eigenvalue weighted by Gasteiger charge is 2.17. The number of carbonyl (C=O) groups excluding carboxylic acids is 1. The first-order valence-electron chi connectivity index (χ1n) is 9.06. The van der Waals surface area contributed by atoms with Crippen molar-refractivity contribution < 1.29 is 13.9 Å². The number of piperazine rings is 1. The molecule has 2 aromatic rings. The number of benzene rings is 2. The monoisotopic (exact) mass is 372 g/mol. The van der Waals surface area contributed by atoms with Crippen LogP contribution in [0.4, 0.5) is 20.6 Å². The Labute approximate surface area is 158 Å². The summed E-state index contributed by atoms with van der Waals surface area (Å²) in [6.07, 6.45) is 0. The first-order chi connectivity index (χ1) is 13.1. The van der Waals surface area contributed by atoms with Crippen molar-refractivity contribution in [2.45, 2.75) is 0 Å². The molecule has 0 bridgehead atoms. The number of ether oxygens (including phenoxy) is 1. The van der Waals surface area contributed by atoms with Crippen LogP contribution in [-0.4, -0.2) is 57.3 Å². The van der Waals surface area contributed by atoms with Crippen LogP contribution in [-0.2, 0) is 0 Å². The van der Waals surface area contributed by atoms with Crippen molar-refractivity contribution in [3.63, 3.8) is 0 Å². The highest BCUT2D eigenvalue weighted by Crippen LogP contribution is 2.17. The van der Waals surface area contributed by atoms with E-state index in [1.54, 1.807) is 31.4 Å². The van der Waals surface area contributed by atoms with Gasteiger partial charge in [0.2, 0.25) is 0 Å². The molecule has 3 rings (SSSR count). The number of hydrogen-bond acceptors (Lipinski definition) is 4. The van der Waals surface area contributed by atoms with Gasteiger partial charge in [-0.25, -0.2) is 9.18 Å². The zero-order chi connectivity index (χ0) is 19.1. The lowest BCUT2D eigenvalue weighted by atomic mass is 10.2. The molecule has 1 fully saturated rings. The molecule has 0 aliphatic carbocycles. The lowest BCUT2D eigenvalue weighted by Gasteiger charge is -2.36. The number of halogens is 1. The van der Waals surface area contributed by atoms with E-state index in [-0.39, 0.29) is 11.8 Å². The molecule has 2 aromatic carbocycles. The zero-order valence-electron chi connectivity index (χ0n) is 15.5. The second kappa shape index (κ2) is 9.23. The van der Waals surface area contributed by atoms with Crippen LogP contribution in [0.5, 0.6) is 5.75 Å². The topological polar surface area (TPSA) is 56.8 Å². The molecule has 0 unspecified atom stereocenters. The smallest absolute Gasteiger partial charge is 0.319 e. The molecule has 2 N–H and O–H groups in total. The Morgan fingerprint density at radius 1 is 1.04 bits per heavy atom. The van der Waals surface area contributed by atoms with E-state index >= 15 is 0 Å². The molecular formula is C20H25FN4O2. The summed E-state index contributed by atoms with van der Waals surface area (Å²) in [6.45, 7) is 5.00. The van der Waals surface area contributed by atoms with Crippen LogP contribution >= 0.6 is 0 Å². The molecule has 7 heteroatoms. The van der Waals surface area contributed by atoms with Crippen molar-refractivity contribution in [2.75, 3.05) is 56.6 Å². The Morgan fingerprint density at radius 3 is 2.33 bits per heavy atom. The number of nitrogens with one attached hydrogen (secondary N) is 2. The Kier molecular flexibility index (Phi) is 6.49. The summed E-state index contributed by atoms with van der Waals surface area (Å²) in [4.78, 5) is 16.5. The number of carbonyl (C=O) groups is 1. The molecule has 1 aliphatic heterocycles. The van der Waals surface area contributed by atoms with Gasteiger partial charge in [-0.15, -0.1) is 0 Å². The summed E-state index contributed by atoms with van der Waals surface area (Å²) in [6, 6.07) is 13.6. The van der Waals surface area contributed by atoms with Crippen LogP contribution in [0.15, 0.2) is 48.5 Å². The maximum atomic E-state index is 13.0. The summed E-state index contributed by atoms with van der Waals surface area (Å²) in [5.74, 6) is 0.539. The second-order valence-corrected chi connectivity index (χ2v) is 6.41. The van der Waals surface area contributed by atoms with E-state index in [4.69, 9.17) is 4.74 Å². The Morgan fingerprint density at radius 2 is 1.70 bits per heavy atom. The average Bonchev–Trinajstić information content (AvgIpc) is 2.70. The van der Waals surface area contributed by atoms with E-state index in [1.165, 1.54) is 12.1 Å². The molecule has 0 radical (unpaired) electrons. The first-order valence-corrected chi connectivity index (χ1v) is 9.06. The highest BCUT2D eigenvalue weighted by molar-refractivity contribution is 5.89. The number of hydrogen-bond donors (Lipinski definition) is 2. The van der Waals surface area contributed by atoms with Crippen molar-refractivity contribution in [3.05, 3.63) is 54.3 Å². The van der Waals surface area contributed by atoms with Gasteiger partial charge in [0.1, 0.15) is 11.6 Å². The molecular weight excluding hydrogens is 347 g/mol. The van der Waals surface area contributed by atoms with Gasteiger partial charge >= 0.3 is 6.03 Å². The Balaban J connectivity index is 1.35. The molecule has 6 nitrogen and oxygen atoms in total. The fraction of sp³-hybridized carbons (Fsp3) is 0.350. The summed E-state index contributed by atoms with van der Waals surface area (Å²) in [5.41, 5.74) is 1.77. The molecule has 144 valence electrons. The number of anilines is 2. The summed E-state index contributed by atoms with van der Waals surface area (Å²) in [5, 5.41) is 5.68. The lowest BCUT2D eigenvalue weighted by Crippen LogP contribution is -2.48. The van der Waals surface area contributed by atoms with E-state index in [0.29, 0.717) is 6.54 Å². The standard InChI is InChI=1S/C20H25FN4O2/c1-27-19-8-4-17(5-9-19)23-20(26)22-10-11-24-12-14-25(15-13-24)18-6-2-16(21)3-7-18/h2-9H,10-15H2,1H3,(H2,22,23,26). The molecule has 0 atom stereocenters. The van der Waals surface area contributed by atoms with Gasteiger partial charge in [-0.3, -0.25) is 4.90 Å². The van der Waals surface area contributed by atoms with Gasteiger partial charge in [0.05, 0.1) is 7.11 Å². The molecule has 27 heavy (non-hydrogen) atoms. The lowest BCUT2D eigenvalue weighted by molar-refractivity contribution is 0.240. The van der Waals surface area contributed by atoms with E-state index in [0.717, 1.165) is 49.8 Å². The fourth-order valence-corrected chi connectivity index (χ4v) is 3.06. The van der Waals surface area contributed by atoms with Gasteiger partial charge in [0.15, 0.2) is 0 Å². The third-order valence-corrected chi connectivity index (χ3v) is 4.63. The molecule has 0 aromatic heterocycles. The number of amides is 2. The maximum Gasteiger partial charge on any atom is 0.319 e. The predicted molar refractivity (Wildman–Crippen MR) is 105 cm³/mol. The Bertz CT molecular complexity index is 729. The van der Waals surface area contributed by atoms with Gasteiger partial charge < -0.3 is 20.3 Å². The van der Waals surface area contributed by atoms with Crippen molar-refractivity contribution in [2.24, 2.45) is 0 Å². The predicted octanol–water partition coefficient (Wildman–Crippen LogP) is 2.78. The molecule has 1 saturated heterocycles. The second-order valence-electron chi connectivity index (χ2n) is 6.41. The number of rotatable bonds is 6. The SMILES string of the molecule is COc1ccc(NC(=O)NCCN2CCN(c3ccc(F)cc3)CC2)cc1. The fourth-order valence-electron chi connectivity index (χ4n) is 3.06. The highest BCUT2D eigenvalue weighted by atomic mass is 19.1. The summed E-state index contributed by atoms with van der Waals surface area (Å²) in [7, 11) is 1.61. The molecule has 2 amide bonds. The molecule has 1 aliphatic rings. The van der Waals surface area contributed by atoms with Crippen molar-refractivity contribution in [3.8, 4) is 5.75 Å². The van der Waals surface area contributed by atoms with Gasteiger partial charge in [-0.1, -0.05) is 0 Å². The minimum absolute atomic E-state index is 0.212. The maximum absolute atomic E-state index is 13.0. The van der Waals surface area contributed by atoms with E-state index < -0.39 is 0 Å². The molecule has 0 spiro atoms. The van der Waals surface area contributed by atoms with Crippen LogP contribution in [0.3, 0.4) is 0 Å². The zero-order valence-corrected chi connectivity index (χ0v) is 15.5. The normalized spacial score (nSPS) is 14.7. The summed E-state index contributed by atoms with van der Waals surface area (Å²) >= 11 is 0. The van der Waals surface area contributed by atoms with E-state index in [1.807, 2.05) is 12.1 Å². The van der Waals surface area contributed by atoms with E-state index in [9.17, 15) is 9.18 Å². The van der Waals surface area contributed by atoms with Crippen molar-refractivity contribution in [1.29, 1.82) is 0 Å². The third-order valence-electron chi connectivity index (χ3n) is 4.63. The van der Waals surface area contributed by atoms with Gasteiger partial charge in [0, 0.05) is 50.6 Å². The Hall–Kier alpha value is -2.80. The van der Waals surface area contributed by atoms with Crippen LogP contribution in [0, 0.1) is 5.82 Å². The largest absolute Gasteiger partial charge is 0.497 e. The minimum Gasteiger partial charge on any atom is -0.497 e. The quantitative estimate of drug-likeness (QED) is 0.819. The minimum atomic E-state index is -0.217. The molecule has 0 saturated carbocycles. The number of methoxy groups -OCH3 is 1. The van der Waals surface area contributed by atoms with Crippen molar-refractivity contribution >= 4 is 17.4 Å². The number of urea groups is 1. The summed E-state index contributed by atoms with van der Waals surface area (Å²) < 4.78 is 18.1. The van der Waals surface area contributed by atoms with Gasteiger partial charge in [-0.2, -0.15) is 0 Å². The number of nitrogens with zero attached hydrogens (tertiary/aromatic N) is 2. The van der Waals surface area contributed by atoms with Crippen LogP contribution < -0.4 is 20.3 Å². The van der Waals surface area contributed by atoms with Crippen molar-refractivity contribution in [1.82, 2.24) is 10.2 Å². The van der Waals surface area contributed by atoms with Crippen LogP contribution in [0.25, 0.3) is 0 Å². The average molecular weight is 372 g/mol. The van der Waals surface area contributed by atoms with Crippen LogP contribution in [0.1, 0.15) is 0 Å². The van der Waals surface area contributed by atoms with Gasteiger partial charge in [0.25, 0.3) is 0 Å². The van der Waals surface area contributed by atoms with Gasteiger partial charge in [-0.05, 0) is 48.5 Å². The van der Waals surface area contributed by atoms with Crippen LogP contribution in [0.2, 0.25) is 0 Å². The van der Waals surface area contributed by atoms with E-state index in [2.05, 4.69) is 20.4 Å².